The molecule has 5 nitrogen and oxygen atoms in total. The molecule has 0 radical (unpaired) electrons. The number of para-hydroxylation sites is 1. The van der Waals surface area contributed by atoms with Crippen LogP contribution in [0.5, 0.6) is 0 Å². The van der Waals surface area contributed by atoms with Crippen molar-refractivity contribution in [2.75, 3.05) is 10.2 Å². The SMILES string of the molecule is Cc1cc([C@H](C)Nc2ccccc2C(=O)O)c2nc(N3Cc4ccccc4C3)c(C)cc2c1. The van der Waals surface area contributed by atoms with Crippen LogP contribution in [-0.4, -0.2) is 16.1 Å². The maximum absolute atomic E-state index is 11.7. The van der Waals surface area contributed by atoms with E-state index in [-0.39, 0.29) is 11.6 Å². The molecular formula is C28H27N3O2. The van der Waals surface area contributed by atoms with Gasteiger partial charge in [0.05, 0.1) is 17.1 Å². The molecule has 1 atom stereocenters. The highest BCUT2D eigenvalue weighted by atomic mass is 16.4. The summed E-state index contributed by atoms with van der Waals surface area (Å²) in [5.41, 5.74) is 7.89. The zero-order valence-corrected chi connectivity index (χ0v) is 19.1. The van der Waals surface area contributed by atoms with Crippen molar-refractivity contribution in [1.82, 2.24) is 4.98 Å². The first-order chi connectivity index (χ1) is 15.9. The van der Waals surface area contributed by atoms with Gasteiger partial charge in [-0.3, -0.25) is 0 Å². The van der Waals surface area contributed by atoms with E-state index in [0.29, 0.717) is 5.69 Å². The van der Waals surface area contributed by atoms with Gasteiger partial charge in [0.1, 0.15) is 5.82 Å². The molecule has 0 aliphatic carbocycles. The Labute approximate surface area is 193 Å². The number of rotatable bonds is 5. The average molecular weight is 438 g/mol. The summed E-state index contributed by atoms with van der Waals surface area (Å²) in [5.74, 6) is 0.0611. The van der Waals surface area contributed by atoms with Crippen LogP contribution in [0.3, 0.4) is 0 Å². The van der Waals surface area contributed by atoms with Crippen molar-refractivity contribution in [2.45, 2.75) is 39.9 Å². The first-order valence-electron chi connectivity index (χ1n) is 11.2. The fourth-order valence-electron chi connectivity index (χ4n) is 4.81. The van der Waals surface area contributed by atoms with E-state index in [1.54, 1.807) is 12.1 Å². The fourth-order valence-corrected chi connectivity index (χ4v) is 4.81. The Morgan fingerprint density at radius 1 is 1.00 bits per heavy atom. The van der Waals surface area contributed by atoms with Crippen LogP contribution in [0.4, 0.5) is 11.5 Å². The van der Waals surface area contributed by atoms with Gasteiger partial charge in [-0.2, -0.15) is 0 Å². The summed E-state index contributed by atoms with van der Waals surface area (Å²) in [4.78, 5) is 19.2. The first-order valence-corrected chi connectivity index (χ1v) is 11.2. The number of pyridine rings is 1. The molecule has 1 aromatic heterocycles. The Hall–Kier alpha value is -3.86. The number of benzene rings is 3. The molecule has 33 heavy (non-hydrogen) atoms. The number of carboxylic acids is 1. The van der Waals surface area contributed by atoms with E-state index in [4.69, 9.17) is 4.98 Å². The van der Waals surface area contributed by atoms with Crippen molar-refractivity contribution in [3.05, 3.63) is 100 Å². The van der Waals surface area contributed by atoms with Gasteiger partial charge in [0, 0.05) is 29.7 Å². The molecule has 166 valence electrons. The summed E-state index contributed by atoms with van der Waals surface area (Å²) in [5, 5.41) is 14.1. The smallest absolute Gasteiger partial charge is 0.337 e. The number of anilines is 2. The van der Waals surface area contributed by atoms with E-state index >= 15 is 0 Å². The highest BCUT2D eigenvalue weighted by molar-refractivity contribution is 5.94. The zero-order chi connectivity index (χ0) is 23.1. The van der Waals surface area contributed by atoms with Crippen LogP contribution in [0.15, 0.2) is 66.7 Å². The standard InChI is InChI=1S/C28H27N3O2/c1-17-12-22-14-18(2)27(31-15-20-8-4-5-9-21(20)16-31)30-26(22)24(13-17)19(3)29-25-11-7-6-10-23(25)28(32)33/h4-14,19,29H,15-16H2,1-3H3,(H,32,33)/t19-/m0/s1. The maximum Gasteiger partial charge on any atom is 0.337 e. The summed E-state index contributed by atoms with van der Waals surface area (Å²) in [7, 11) is 0. The molecule has 2 heterocycles. The van der Waals surface area contributed by atoms with Crippen molar-refractivity contribution in [2.24, 2.45) is 0 Å². The Morgan fingerprint density at radius 2 is 1.67 bits per heavy atom. The predicted molar refractivity (Wildman–Crippen MR) is 133 cm³/mol. The van der Waals surface area contributed by atoms with Gasteiger partial charge >= 0.3 is 5.97 Å². The highest BCUT2D eigenvalue weighted by Crippen LogP contribution is 2.34. The van der Waals surface area contributed by atoms with Crippen LogP contribution < -0.4 is 10.2 Å². The molecule has 1 aliphatic rings. The number of hydrogen-bond donors (Lipinski definition) is 2. The lowest BCUT2D eigenvalue weighted by atomic mass is 9.99. The number of hydrogen-bond acceptors (Lipinski definition) is 4. The second kappa shape index (κ2) is 8.24. The van der Waals surface area contributed by atoms with E-state index in [1.807, 2.05) is 12.1 Å². The highest BCUT2D eigenvalue weighted by Gasteiger charge is 2.23. The Morgan fingerprint density at radius 3 is 2.36 bits per heavy atom. The monoisotopic (exact) mass is 437 g/mol. The van der Waals surface area contributed by atoms with Crippen molar-refractivity contribution in [1.29, 1.82) is 0 Å². The Balaban J connectivity index is 1.55. The van der Waals surface area contributed by atoms with E-state index in [9.17, 15) is 9.90 Å². The number of nitrogens with zero attached hydrogens (tertiary/aromatic N) is 2. The summed E-state index contributed by atoms with van der Waals surface area (Å²) in [6, 6.07) is 22.0. The minimum atomic E-state index is -0.941. The van der Waals surface area contributed by atoms with Crippen molar-refractivity contribution < 1.29 is 9.90 Å². The number of carboxylic acid groups (broad SMARTS) is 1. The molecule has 0 fully saturated rings. The summed E-state index contributed by atoms with van der Waals surface area (Å²) in [6.45, 7) is 7.98. The van der Waals surface area contributed by atoms with Crippen molar-refractivity contribution >= 4 is 28.4 Å². The van der Waals surface area contributed by atoms with Crippen LogP contribution in [-0.2, 0) is 13.1 Å². The van der Waals surface area contributed by atoms with Gasteiger partial charge in [0.15, 0.2) is 0 Å². The van der Waals surface area contributed by atoms with Gasteiger partial charge in [-0.25, -0.2) is 9.78 Å². The second-order valence-electron chi connectivity index (χ2n) is 8.90. The molecule has 2 N–H and O–H groups in total. The van der Waals surface area contributed by atoms with Gasteiger partial charge in [-0.05, 0) is 61.7 Å². The maximum atomic E-state index is 11.7. The van der Waals surface area contributed by atoms with Gasteiger partial charge in [0.25, 0.3) is 0 Å². The molecule has 5 rings (SSSR count). The van der Waals surface area contributed by atoms with E-state index in [1.165, 1.54) is 11.1 Å². The molecule has 3 aromatic carbocycles. The van der Waals surface area contributed by atoms with Gasteiger partial charge in [0.2, 0.25) is 0 Å². The normalized spacial score (nSPS) is 13.7. The number of nitrogens with one attached hydrogen (secondary N) is 1. The van der Waals surface area contributed by atoms with Crippen molar-refractivity contribution in [3.8, 4) is 0 Å². The summed E-state index contributed by atoms with van der Waals surface area (Å²) >= 11 is 0. The molecule has 5 heteroatoms. The zero-order valence-electron chi connectivity index (χ0n) is 19.1. The number of aromatic nitrogens is 1. The fraction of sp³-hybridized carbons (Fsp3) is 0.214. The third-order valence-corrected chi connectivity index (χ3v) is 6.39. The van der Waals surface area contributed by atoms with Crippen LogP contribution in [0.25, 0.3) is 10.9 Å². The van der Waals surface area contributed by atoms with Crippen LogP contribution in [0.2, 0.25) is 0 Å². The molecule has 0 saturated carbocycles. The summed E-state index contributed by atoms with van der Waals surface area (Å²) < 4.78 is 0. The number of aryl methyl sites for hydroxylation is 2. The lowest BCUT2D eigenvalue weighted by molar-refractivity contribution is 0.0698. The third-order valence-electron chi connectivity index (χ3n) is 6.39. The van der Waals surface area contributed by atoms with Crippen LogP contribution >= 0.6 is 0 Å². The van der Waals surface area contributed by atoms with Gasteiger partial charge in [-0.1, -0.05) is 48.0 Å². The number of fused-ring (bicyclic) bond motifs is 2. The summed E-state index contributed by atoms with van der Waals surface area (Å²) in [6.07, 6.45) is 0. The number of aromatic carboxylic acids is 1. The minimum absolute atomic E-state index is 0.119. The van der Waals surface area contributed by atoms with Crippen LogP contribution in [0.1, 0.15) is 51.1 Å². The first kappa shape index (κ1) is 21.0. The lowest BCUT2D eigenvalue weighted by Crippen LogP contribution is -2.18. The molecular weight excluding hydrogens is 410 g/mol. The molecule has 0 saturated heterocycles. The molecule has 0 amide bonds. The van der Waals surface area contributed by atoms with E-state index < -0.39 is 5.97 Å². The van der Waals surface area contributed by atoms with Crippen molar-refractivity contribution in [3.63, 3.8) is 0 Å². The Bertz CT molecular complexity index is 1350. The lowest BCUT2D eigenvalue weighted by Gasteiger charge is -2.23. The predicted octanol–water partition coefficient (Wildman–Crippen LogP) is 6.24. The van der Waals surface area contributed by atoms with E-state index in [2.05, 4.69) is 73.5 Å². The Kier molecular flexibility index (Phi) is 5.25. The van der Waals surface area contributed by atoms with Gasteiger partial charge < -0.3 is 15.3 Å². The van der Waals surface area contributed by atoms with Gasteiger partial charge in [-0.15, -0.1) is 0 Å². The number of carbonyl (C=O) groups is 1. The quantitative estimate of drug-likeness (QED) is 0.387. The molecule has 0 spiro atoms. The third kappa shape index (κ3) is 3.91. The largest absolute Gasteiger partial charge is 0.478 e. The second-order valence-corrected chi connectivity index (χ2v) is 8.90. The molecule has 0 bridgehead atoms. The van der Waals surface area contributed by atoms with E-state index in [0.717, 1.165) is 46.5 Å². The topological polar surface area (TPSA) is 65.5 Å². The molecule has 1 aliphatic heterocycles. The minimum Gasteiger partial charge on any atom is -0.478 e. The van der Waals surface area contributed by atoms with Crippen LogP contribution in [0, 0.1) is 13.8 Å². The average Bonchev–Trinajstić information content (AvgIpc) is 3.22. The molecule has 4 aromatic rings. The molecule has 0 unspecified atom stereocenters.